The molecule has 2 aromatic rings. The van der Waals surface area contributed by atoms with E-state index in [1.807, 2.05) is 33.0 Å². The minimum Gasteiger partial charge on any atom is -0.389 e. The second-order valence-corrected chi connectivity index (χ2v) is 5.66. The smallest absolute Gasteiger partial charge is 0.0765 e. The first kappa shape index (κ1) is 13.8. The fourth-order valence-corrected chi connectivity index (χ4v) is 2.52. The normalized spacial score (nSPS) is 11.8. The number of benzene rings is 2. The molecule has 3 nitrogen and oxygen atoms in total. The van der Waals surface area contributed by atoms with Gasteiger partial charge in [0.1, 0.15) is 0 Å². The Morgan fingerprint density at radius 2 is 1.74 bits per heavy atom. The van der Waals surface area contributed by atoms with Gasteiger partial charge in [0.15, 0.2) is 0 Å². The SMILES string of the molecule is CN(CC(C)(C)O)c1ccc(CN)c2ccccc12. The monoisotopic (exact) mass is 258 g/mol. The quantitative estimate of drug-likeness (QED) is 0.886. The van der Waals surface area contributed by atoms with Crippen molar-refractivity contribution in [2.45, 2.75) is 26.0 Å². The Hall–Kier alpha value is -1.58. The van der Waals surface area contributed by atoms with E-state index in [1.165, 1.54) is 10.8 Å². The molecule has 0 amide bonds. The molecule has 0 aliphatic carbocycles. The summed E-state index contributed by atoms with van der Waals surface area (Å²) in [5.74, 6) is 0. The number of nitrogens with zero attached hydrogens (tertiary/aromatic N) is 1. The zero-order chi connectivity index (χ0) is 14.0. The van der Waals surface area contributed by atoms with Crippen molar-refractivity contribution in [3.05, 3.63) is 42.0 Å². The van der Waals surface area contributed by atoms with Gasteiger partial charge in [-0.05, 0) is 30.9 Å². The van der Waals surface area contributed by atoms with Crippen molar-refractivity contribution in [1.82, 2.24) is 0 Å². The van der Waals surface area contributed by atoms with Gasteiger partial charge >= 0.3 is 0 Å². The summed E-state index contributed by atoms with van der Waals surface area (Å²) in [6.45, 7) is 4.76. The molecular weight excluding hydrogens is 236 g/mol. The third-order valence-corrected chi connectivity index (χ3v) is 3.25. The number of fused-ring (bicyclic) bond motifs is 1. The Bertz CT molecular complexity index is 572. The first-order valence-electron chi connectivity index (χ1n) is 6.56. The van der Waals surface area contributed by atoms with Crippen LogP contribution in [0.3, 0.4) is 0 Å². The van der Waals surface area contributed by atoms with E-state index in [-0.39, 0.29) is 0 Å². The summed E-state index contributed by atoms with van der Waals surface area (Å²) in [6.07, 6.45) is 0. The molecule has 0 radical (unpaired) electrons. The molecule has 0 aliphatic rings. The highest BCUT2D eigenvalue weighted by Gasteiger charge is 2.17. The molecule has 0 heterocycles. The van der Waals surface area contributed by atoms with Crippen LogP contribution in [0.1, 0.15) is 19.4 Å². The van der Waals surface area contributed by atoms with E-state index >= 15 is 0 Å². The van der Waals surface area contributed by atoms with E-state index in [4.69, 9.17) is 5.73 Å². The summed E-state index contributed by atoms with van der Waals surface area (Å²) in [6, 6.07) is 12.4. The molecule has 0 saturated heterocycles. The molecule has 0 aromatic heterocycles. The maximum atomic E-state index is 9.96. The summed E-state index contributed by atoms with van der Waals surface area (Å²) in [5.41, 5.74) is 7.34. The summed E-state index contributed by atoms with van der Waals surface area (Å²) in [5, 5.41) is 12.3. The molecular formula is C16H22N2O. The highest BCUT2D eigenvalue weighted by atomic mass is 16.3. The maximum Gasteiger partial charge on any atom is 0.0765 e. The highest BCUT2D eigenvalue weighted by Crippen LogP contribution is 2.29. The Balaban J connectivity index is 2.50. The maximum absolute atomic E-state index is 9.96. The minimum atomic E-state index is -0.720. The molecule has 19 heavy (non-hydrogen) atoms. The molecule has 0 bridgehead atoms. The van der Waals surface area contributed by atoms with Crippen LogP contribution in [0.2, 0.25) is 0 Å². The molecule has 0 aliphatic heterocycles. The van der Waals surface area contributed by atoms with Crippen molar-refractivity contribution >= 4 is 16.5 Å². The van der Waals surface area contributed by atoms with Crippen molar-refractivity contribution in [3.63, 3.8) is 0 Å². The number of hydrogen-bond acceptors (Lipinski definition) is 3. The summed E-state index contributed by atoms with van der Waals surface area (Å²) < 4.78 is 0. The number of rotatable bonds is 4. The van der Waals surface area contributed by atoms with Gasteiger partial charge in [-0.2, -0.15) is 0 Å². The Labute approximate surface area is 114 Å². The first-order valence-corrected chi connectivity index (χ1v) is 6.56. The van der Waals surface area contributed by atoms with Gasteiger partial charge in [-0.25, -0.2) is 0 Å². The van der Waals surface area contributed by atoms with Crippen molar-refractivity contribution in [1.29, 1.82) is 0 Å². The topological polar surface area (TPSA) is 49.5 Å². The lowest BCUT2D eigenvalue weighted by molar-refractivity contribution is 0.0887. The summed E-state index contributed by atoms with van der Waals surface area (Å²) in [7, 11) is 2.00. The number of hydrogen-bond donors (Lipinski definition) is 2. The van der Waals surface area contributed by atoms with Gasteiger partial charge in [-0.1, -0.05) is 30.3 Å². The number of aliphatic hydroxyl groups is 1. The van der Waals surface area contributed by atoms with Crippen LogP contribution in [-0.4, -0.2) is 24.3 Å². The molecule has 0 spiro atoms. The van der Waals surface area contributed by atoms with Crippen LogP contribution in [0.15, 0.2) is 36.4 Å². The minimum absolute atomic E-state index is 0.538. The lowest BCUT2D eigenvalue weighted by atomic mass is 10.0. The summed E-state index contributed by atoms with van der Waals surface area (Å²) in [4.78, 5) is 2.09. The van der Waals surface area contributed by atoms with Crippen molar-refractivity contribution in [2.24, 2.45) is 5.73 Å². The standard InChI is InChI=1S/C16H22N2O/c1-16(2,19)11-18(3)15-9-8-12(10-17)13-6-4-5-7-14(13)15/h4-9,19H,10-11,17H2,1-3H3. The number of anilines is 1. The molecule has 2 aromatic carbocycles. The van der Waals surface area contributed by atoms with Crippen LogP contribution in [0, 0.1) is 0 Å². The zero-order valence-electron chi connectivity index (χ0n) is 11.9. The lowest BCUT2D eigenvalue weighted by Gasteiger charge is -2.28. The van der Waals surface area contributed by atoms with E-state index in [1.54, 1.807) is 0 Å². The predicted molar refractivity (Wildman–Crippen MR) is 81.4 cm³/mol. The van der Waals surface area contributed by atoms with Gasteiger partial charge in [0.05, 0.1) is 5.60 Å². The molecule has 3 N–H and O–H groups in total. The predicted octanol–water partition coefficient (Wildman–Crippen LogP) is 2.51. The fraction of sp³-hybridized carbons (Fsp3) is 0.375. The average molecular weight is 258 g/mol. The van der Waals surface area contributed by atoms with Gasteiger partial charge < -0.3 is 15.7 Å². The third kappa shape index (κ3) is 3.06. The van der Waals surface area contributed by atoms with Gasteiger partial charge in [0, 0.05) is 31.2 Å². The van der Waals surface area contributed by atoms with E-state index in [2.05, 4.69) is 29.2 Å². The second-order valence-electron chi connectivity index (χ2n) is 5.66. The Morgan fingerprint density at radius 1 is 1.11 bits per heavy atom. The second kappa shape index (κ2) is 5.19. The number of nitrogens with two attached hydrogens (primary N) is 1. The highest BCUT2D eigenvalue weighted by molar-refractivity contribution is 5.96. The summed E-state index contributed by atoms with van der Waals surface area (Å²) >= 11 is 0. The van der Waals surface area contributed by atoms with Crippen LogP contribution >= 0.6 is 0 Å². The van der Waals surface area contributed by atoms with Crippen LogP contribution in [0.4, 0.5) is 5.69 Å². The number of likely N-dealkylation sites (N-methyl/N-ethyl adjacent to an activating group) is 1. The van der Waals surface area contributed by atoms with Crippen LogP contribution in [0.25, 0.3) is 10.8 Å². The molecule has 102 valence electrons. The Morgan fingerprint density at radius 3 is 2.32 bits per heavy atom. The average Bonchev–Trinajstić information content (AvgIpc) is 2.35. The van der Waals surface area contributed by atoms with Gasteiger partial charge in [0.2, 0.25) is 0 Å². The zero-order valence-corrected chi connectivity index (χ0v) is 11.9. The molecule has 2 rings (SSSR count). The van der Waals surface area contributed by atoms with Gasteiger partial charge in [-0.3, -0.25) is 0 Å². The lowest BCUT2D eigenvalue weighted by Crippen LogP contribution is -2.36. The molecule has 3 heteroatoms. The van der Waals surface area contributed by atoms with E-state index in [0.29, 0.717) is 13.1 Å². The van der Waals surface area contributed by atoms with Crippen LogP contribution in [0.5, 0.6) is 0 Å². The molecule has 0 fully saturated rings. The van der Waals surface area contributed by atoms with E-state index in [0.717, 1.165) is 11.3 Å². The van der Waals surface area contributed by atoms with Gasteiger partial charge in [0.25, 0.3) is 0 Å². The van der Waals surface area contributed by atoms with Crippen molar-refractivity contribution in [3.8, 4) is 0 Å². The molecule has 0 atom stereocenters. The molecule has 0 saturated carbocycles. The van der Waals surface area contributed by atoms with Crippen molar-refractivity contribution < 1.29 is 5.11 Å². The van der Waals surface area contributed by atoms with Gasteiger partial charge in [-0.15, -0.1) is 0 Å². The Kier molecular flexibility index (Phi) is 3.78. The van der Waals surface area contributed by atoms with Crippen LogP contribution < -0.4 is 10.6 Å². The van der Waals surface area contributed by atoms with E-state index in [9.17, 15) is 5.11 Å². The largest absolute Gasteiger partial charge is 0.389 e. The van der Waals surface area contributed by atoms with E-state index < -0.39 is 5.60 Å². The van der Waals surface area contributed by atoms with Crippen LogP contribution in [-0.2, 0) is 6.54 Å². The first-order chi connectivity index (χ1) is 8.92. The molecule has 0 unspecified atom stereocenters. The third-order valence-electron chi connectivity index (χ3n) is 3.25. The van der Waals surface area contributed by atoms with Crippen molar-refractivity contribution in [2.75, 3.05) is 18.5 Å². The fourth-order valence-electron chi connectivity index (χ4n) is 2.52.